The van der Waals surface area contributed by atoms with E-state index in [0.717, 1.165) is 57.1 Å². The number of nitrogens with one attached hydrogen (secondary N) is 2. The van der Waals surface area contributed by atoms with Gasteiger partial charge < -0.3 is 15.4 Å². The molecule has 1 heterocycles. The molecule has 0 amide bonds. The Balaban J connectivity index is 2.12. The van der Waals surface area contributed by atoms with Crippen molar-refractivity contribution in [2.75, 3.05) is 32.8 Å². The quantitative estimate of drug-likeness (QED) is 0.585. The molecule has 1 aromatic carbocycles. The highest BCUT2D eigenvalue weighted by atomic mass is 19.1. The molecule has 0 aliphatic carbocycles. The summed E-state index contributed by atoms with van der Waals surface area (Å²) < 4.78 is 18.9. The van der Waals surface area contributed by atoms with E-state index in [1.807, 2.05) is 12.1 Å². The monoisotopic (exact) mass is 349 g/mol. The Bertz CT molecular complexity index is 536. The number of guanidine groups is 1. The van der Waals surface area contributed by atoms with Gasteiger partial charge in [0.15, 0.2) is 5.96 Å². The van der Waals surface area contributed by atoms with Gasteiger partial charge in [0.25, 0.3) is 0 Å². The molecule has 0 unspecified atom stereocenters. The zero-order valence-corrected chi connectivity index (χ0v) is 15.8. The van der Waals surface area contributed by atoms with Crippen LogP contribution in [0.1, 0.15) is 45.6 Å². The Morgan fingerprint density at radius 1 is 1.20 bits per heavy atom. The molecule has 2 N–H and O–H groups in total. The van der Waals surface area contributed by atoms with Crippen LogP contribution in [0, 0.1) is 11.7 Å². The average Bonchev–Trinajstić information content (AvgIpc) is 2.61. The highest BCUT2D eigenvalue weighted by Crippen LogP contribution is 2.35. The van der Waals surface area contributed by atoms with E-state index in [2.05, 4.69) is 31.4 Å². The molecule has 0 aromatic heterocycles. The molecule has 140 valence electrons. The molecule has 0 spiro atoms. The molecule has 0 radical (unpaired) electrons. The van der Waals surface area contributed by atoms with Gasteiger partial charge in [-0.05, 0) is 49.8 Å². The van der Waals surface area contributed by atoms with Crippen LogP contribution >= 0.6 is 0 Å². The molecule has 1 aliphatic rings. The molecule has 1 saturated heterocycles. The summed E-state index contributed by atoms with van der Waals surface area (Å²) in [7, 11) is 0. The van der Waals surface area contributed by atoms with E-state index in [1.165, 1.54) is 0 Å². The van der Waals surface area contributed by atoms with E-state index in [-0.39, 0.29) is 11.2 Å². The van der Waals surface area contributed by atoms with Crippen LogP contribution in [0.15, 0.2) is 29.3 Å². The van der Waals surface area contributed by atoms with Crippen molar-refractivity contribution in [3.8, 4) is 0 Å². The summed E-state index contributed by atoms with van der Waals surface area (Å²) in [6.45, 7) is 10.4. The van der Waals surface area contributed by atoms with Crippen molar-refractivity contribution < 1.29 is 9.13 Å². The third-order valence-electron chi connectivity index (χ3n) is 4.80. The fourth-order valence-corrected chi connectivity index (χ4v) is 3.16. The van der Waals surface area contributed by atoms with E-state index in [9.17, 15) is 4.39 Å². The average molecular weight is 349 g/mol. The second-order valence-corrected chi connectivity index (χ2v) is 7.20. The van der Waals surface area contributed by atoms with Crippen LogP contribution < -0.4 is 10.6 Å². The molecule has 2 rings (SSSR count). The van der Waals surface area contributed by atoms with E-state index in [0.29, 0.717) is 12.5 Å². The van der Waals surface area contributed by atoms with Gasteiger partial charge in [0.05, 0.1) is 6.54 Å². The predicted octanol–water partition coefficient (Wildman–Crippen LogP) is 3.48. The number of benzene rings is 1. The summed E-state index contributed by atoms with van der Waals surface area (Å²) in [6, 6.07) is 6.88. The zero-order valence-electron chi connectivity index (χ0n) is 15.8. The predicted molar refractivity (Wildman–Crippen MR) is 102 cm³/mol. The van der Waals surface area contributed by atoms with Crippen molar-refractivity contribution in [3.05, 3.63) is 35.6 Å². The maximum atomic E-state index is 13.3. The molecule has 25 heavy (non-hydrogen) atoms. The first-order chi connectivity index (χ1) is 12.1. The third kappa shape index (κ3) is 5.99. The van der Waals surface area contributed by atoms with Gasteiger partial charge in [-0.2, -0.15) is 0 Å². The van der Waals surface area contributed by atoms with Gasteiger partial charge in [-0.1, -0.05) is 26.0 Å². The number of hydrogen-bond donors (Lipinski definition) is 2. The van der Waals surface area contributed by atoms with Gasteiger partial charge in [-0.15, -0.1) is 0 Å². The zero-order chi connectivity index (χ0) is 18.1. The molecule has 4 nitrogen and oxygen atoms in total. The first-order valence-electron chi connectivity index (χ1n) is 9.42. The Labute approximate surface area is 151 Å². The number of aliphatic imine (C=N–C) groups is 1. The Morgan fingerprint density at radius 3 is 2.48 bits per heavy atom. The minimum absolute atomic E-state index is 0.0770. The summed E-state index contributed by atoms with van der Waals surface area (Å²) >= 11 is 0. The molecule has 0 bridgehead atoms. The number of rotatable bonds is 7. The standard InChI is InChI=1S/C20H32FN3O/c1-4-22-19(23-12-9-16(2)3)24-15-20(10-13-25-14-11-20)17-5-7-18(21)8-6-17/h5-8,16H,4,9-15H2,1-3H3,(H2,22,23,24). The lowest BCUT2D eigenvalue weighted by atomic mass is 9.74. The van der Waals surface area contributed by atoms with Gasteiger partial charge in [0, 0.05) is 31.7 Å². The van der Waals surface area contributed by atoms with Crippen molar-refractivity contribution in [1.82, 2.24) is 10.6 Å². The van der Waals surface area contributed by atoms with Crippen LogP contribution in [0.25, 0.3) is 0 Å². The highest BCUT2D eigenvalue weighted by molar-refractivity contribution is 5.79. The molecule has 1 aromatic rings. The minimum Gasteiger partial charge on any atom is -0.381 e. The van der Waals surface area contributed by atoms with Crippen LogP contribution in [-0.2, 0) is 10.2 Å². The van der Waals surface area contributed by atoms with Gasteiger partial charge in [-0.3, -0.25) is 4.99 Å². The van der Waals surface area contributed by atoms with Crippen molar-refractivity contribution in [1.29, 1.82) is 0 Å². The molecule has 1 fully saturated rings. The van der Waals surface area contributed by atoms with E-state index in [4.69, 9.17) is 9.73 Å². The first kappa shape index (κ1) is 19.7. The van der Waals surface area contributed by atoms with Crippen LogP contribution in [0.4, 0.5) is 4.39 Å². The first-order valence-corrected chi connectivity index (χ1v) is 9.42. The van der Waals surface area contributed by atoms with E-state index >= 15 is 0 Å². The Morgan fingerprint density at radius 2 is 1.88 bits per heavy atom. The largest absolute Gasteiger partial charge is 0.381 e. The van der Waals surface area contributed by atoms with Gasteiger partial charge in [0.1, 0.15) is 5.82 Å². The summed E-state index contributed by atoms with van der Waals surface area (Å²) in [5.74, 6) is 1.32. The fraction of sp³-hybridized carbons (Fsp3) is 0.650. The molecule has 0 atom stereocenters. The summed E-state index contributed by atoms with van der Waals surface area (Å²) in [6.07, 6.45) is 2.93. The molecule has 1 aliphatic heterocycles. The number of nitrogens with zero attached hydrogens (tertiary/aromatic N) is 1. The SMILES string of the molecule is CCNC(=NCC1(c2ccc(F)cc2)CCOCC1)NCCC(C)C. The summed E-state index contributed by atoms with van der Waals surface area (Å²) in [5.41, 5.74) is 1.07. The highest BCUT2D eigenvalue weighted by Gasteiger charge is 2.34. The van der Waals surface area contributed by atoms with Gasteiger partial charge in [-0.25, -0.2) is 4.39 Å². The normalized spacial score (nSPS) is 17.6. The topological polar surface area (TPSA) is 45.7 Å². The number of hydrogen-bond acceptors (Lipinski definition) is 2. The van der Waals surface area contributed by atoms with Crippen LogP contribution in [0.3, 0.4) is 0 Å². The second-order valence-electron chi connectivity index (χ2n) is 7.20. The van der Waals surface area contributed by atoms with Crippen LogP contribution in [0.2, 0.25) is 0 Å². The van der Waals surface area contributed by atoms with Crippen LogP contribution in [-0.4, -0.2) is 38.8 Å². The minimum atomic E-state index is -0.196. The Kier molecular flexibility index (Phi) is 7.69. The molecular formula is C20H32FN3O. The number of halogens is 1. The maximum absolute atomic E-state index is 13.3. The molecule has 5 heteroatoms. The van der Waals surface area contributed by atoms with Gasteiger partial charge in [0.2, 0.25) is 0 Å². The van der Waals surface area contributed by atoms with E-state index < -0.39 is 0 Å². The molecule has 0 saturated carbocycles. The van der Waals surface area contributed by atoms with Crippen molar-refractivity contribution in [2.45, 2.75) is 45.4 Å². The summed E-state index contributed by atoms with van der Waals surface area (Å²) in [4.78, 5) is 4.85. The third-order valence-corrected chi connectivity index (χ3v) is 4.80. The van der Waals surface area contributed by atoms with Crippen molar-refractivity contribution in [2.24, 2.45) is 10.9 Å². The second kappa shape index (κ2) is 9.76. The van der Waals surface area contributed by atoms with Gasteiger partial charge >= 0.3 is 0 Å². The molecular weight excluding hydrogens is 317 g/mol. The van der Waals surface area contributed by atoms with E-state index in [1.54, 1.807) is 12.1 Å². The Hall–Kier alpha value is -1.62. The fourth-order valence-electron chi connectivity index (χ4n) is 3.16. The lowest BCUT2D eigenvalue weighted by Crippen LogP contribution is -2.41. The maximum Gasteiger partial charge on any atom is 0.191 e. The lowest BCUT2D eigenvalue weighted by molar-refractivity contribution is 0.0531. The number of ether oxygens (including phenoxy) is 1. The lowest BCUT2D eigenvalue weighted by Gasteiger charge is -2.36. The smallest absolute Gasteiger partial charge is 0.191 e. The van der Waals surface area contributed by atoms with Crippen molar-refractivity contribution >= 4 is 5.96 Å². The van der Waals surface area contributed by atoms with Crippen LogP contribution in [0.5, 0.6) is 0 Å². The summed E-state index contributed by atoms with van der Waals surface area (Å²) in [5, 5.41) is 6.74. The van der Waals surface area contributed by atoms with Crippen molar-refractivity contribution in [3.63, 3.8) is 0 Å².